The van der Waals surface area contributed by atoms with Crippen LogP contribution < -0.4 is 19.6 Å². The summed E-state index contributed by atoms with van der Waals surface area (Å²) in [6, 6.07) is 22.8. The van der Waals surface area contributed by atoms with E-state index < -0.39 is 0 Å². The molecule has 0 aliphatic heterocycles. The molecule has 1 amide bonds. The highest BCUT2D eigenvalue weighted by molar-refractivity contribution is 5.83. The van der Waals surface area contributed by atoms with E-state index in [0.29, 0.717) is 18.1 Å². The first-order chi connectivity index (χ1) is 14.7. The van der Waals surface area contributed by atoms with Crippen LogP contribution in [0.15, 0.2) is 77.9 Å². The summed E-state index contributed by atoms with van der Waals surface area (Å²) in [6.45, 7) is 0.514. The minimum absolute atomic E-state index is 0.184. The molecule has 0 radical (unpaired) electrons. The van der Waals surface area contributed by atoms with Gasteiger partial charge in [0.25, 0.3) is 0 Å². The van der Waals surface area contributed by atoms with Crippen LogP contribution in [0.2, 0.25) is 0 Å². The molecule has 0 aliphatic carbocycles. The van der Waals surface area contributed by atoms with E-state index in [9.17, 15) is 4.79 Å². The standard InChI is InChI=1S/C24H24N2O4/c1-28-22-13-10-20(14-23(22)29-2)15-24(27)26-25-16-18-8-11-21(12-9-18)30-17-19-6-4-3-5-7-19/h3-14,16H,15,17H2,1-2H3,(H,26,27)/b25-16+. The normalized spacial score (nSPS) is 10.6. The number of carbonyl (C=O) groups is 1. The van der Waals surface area contributed by atoms with E-state index in [1.807, 2.05) is 60.7 Å². The third-order valence-electron chi connectivity index (χ3n) is 4.34. The molecular formula is C24H24N2O4. The first kappa shape index (κ1) is 20.9. The number of methoxy groups -OCH3 is 2. The Balaban J connectivity index is 1.48. The molecule has 3 aromatic carbocycles. The maximum atomic E-state index is 12.1. The lowest BCUT2D eigenvalue weighted by Crippen LogP contribution is -2.19. The van der Waals surface area contributed by atoms with Crippen LogP contribution in [0.4, 0.5) is 0 Å². The lowest BCUT2D eigenvalue weighted by molar-refractivity contribution is -0.120. The fraction of sp³-hybridized carbons (Fsp3) is 0.167. The Morgan fingerprint density at radius 2 is 1.63 bits per heavy atom. The fourth-order valence-electron chi connectivity index (χ4n) is 2.79. The Kier molecular flexibility index (Phi) is 7.44. The Bertz CT molecular complexity index is 986. The second-order valence-corrected chi connectivity index (χ2v) is 6.50. The van der Waals surface area contributed by atoms with Crippen LogP contribution in [0, 0.1) is 0 Å². The number of hydrazone groups is 1. The summed E-state index contributed by atoms with van der Waals surface area (Å²) in [6.07, 6.45) is 1.78. The number of nitrogens with one attached hydrogen (secondary N) is 1. The number of hydrogen-bond acceptors (Lipinski definition) is 5. The summed E-state index contributed by atoms with van der Waals surface area (Å²) >= 11 is 0. The summed E-state index contributed by atoms with van der Waals surface area (Å²) < 4.78 is 16.2. The second-order valence-electron chi connectivity index (χ2n) is 6.50. The van der Waals surface area contributed by atoms with Crippen LogP contribution in [0.5, 0.6) is 17.2 Å². The van der Waals surface area contributed by atoms with E-state index in [4.69, 9.17) is 14.2 Å². The largest absolute Gasteiger partial charge is 0.493 e. The first-order valence-corrected chi connectivity index (χ1v) is 9.47. The molecule has 0 aromatic heterocycles. The number of ether oxygens (including phenoxy) is 3. The molecule has 0 bridgehead atoms. The van der Waals surface area contributed by atoms with Gasteiger partial charge in [-0.1, -0.05) is 36.4 Å². The van der Waals surface area contributed by atoms with Gasteiger partial charge in [-0.15, -0.1) is 0 Å². The van der Waals surface area contributed by atoms with Gasteiger partial charge in [0.2, 0.25) is 5.91 Å². The third kappa shape index (κ3) is 6.10. The minimum atomic E-state index is -0.221. The molecule has 3 aromatic rings. The second kappa shape index (κ2) is 10.7. The number of carbonyl (C=O) groups excluding carboxylic acids is 1. The summed E-state index contributed by atoms with van der Waals surface area (Å²) in [4.78, 5) is 12.1. The molecule has 6 nitrogen and oxygen atoms in total. The Morgan fingerprint density at radius 3 is 2.33 bits per heavy atom. The van der Waals surface area contributed by atoms with E-state index in [1.165, 1.54) is 0 Å². The molecule has 0 spiro atoms. The highest BCUT2D eigenvalue weighted by Gasteiger charge is 2.07. The molecule has 0 fully saturated rings. The number of hydrogen-bond donors (Lipinski definition) is 1. The van der Waals surface area contributed by atoms with Gasteiger partial charge >= 0.3 is 0 Å². The number of nitrogens with zero attached hydrogens (tertiary/aromatic N) is 1. The Hall–Kier alpha value is -3.80. The van der Waals surface area contributed by atoms with Gasteiger partial charge < -0.3 is 14.2 Å². The fourth-order valence-corrected chi connectivity index (χ4v) is 2.79. The minimum Gasteiger partial charge on any atom is -0.493 e. The van der Waals surface area contributed by atoms with Crippen LogP contribution in [-0.2, 0) is 17.8 Å². The maximum Gasteiger partial charge on any atom is 0.244 e. The van der Waals surface area contributed by atoms with Crippen molar-refractivity contribution in [2.24, 2.45) is 5.10 Å². The zero-order valence-electron chi connectivity index (χ0n) is 17.0. The predicted molar refractivity (Wildman–Crippen MR) is 116 cm³/mol. The first-order valence-electron chi connectivity index (χ1n) is 9.47. The van der Waals surface area contributed by atoms with Gasteiger partial charge in [-0.2, -0.15) is 5.10 Å². The van der Waals surface area contributed by atoms with Crippen LogP contribution in [-0.4, -0.2) is 26.3 Å². The zero-order chi connectivity index (χ0) is 21.2. The van der Waals surface area contributed by atoms with Gasteiger partial charge in [0.1, 0.15) is 12.4 Å². The molecule has 0 saturated heterocycles. The third-order valence-corrected chi connectivity index (χ3v) is 4.34. The monoisotopic (exact) mass is 404 g/mol. The zero-order valence-corrected chi connectivity index (χ0v) is 17.0. The lowest BCUT2D eigenvalue weighted by Gasteiger charge is -2.09. The van der Waals surface area contributed by atoms with Gasteiger partial charge in [-0.3, -0.25) is 4.79 Å². The summed E-state index contributed by atoms with van der Waals surface area (Å²) in [5, 5.41) is 4.02. The van der Waals surface area contributed by atoms with Crippen molar-refractivity contribution in [2.75, 3.05) is 14.2 Å². The predicted octanol–water partition coefficient (Wildman–Crippen LogP) is 3.98. The van der Waals surface area contributed by atoms with Gasteiger partial charge in [-0.05, 0) is 53.1 Å². The molecule has 1 N–H and O–H groups in total. The Labute approximate surface area is 176 Å². The maximum absolute atomic E-state index is 12.1. The smallest absolute Gasteiger partial charge is 0.244 e. The van der Waals surface area contributed by atoms with Gasteiger partial charge in [-0.25, -0.2) is 5.43 Å². The number of amides is 1. The Morgan fingerprint density at radius 1 is 0.900 bits per heavy atom. The SMILES string of the molecule is COc1ccc(CC(=O)N/N=C/c2ccc(OCc3ccccc3)cc2)cc1OC. The van der Waals surface area contributed by atoms with Crippen LogP contribution in [0.1, 0.15) is 16.7 Å². The van der Waals surface area contributed by atoms with E-state index in [0.717, 1.165) is 22.4 Å². The van der Waals surface area contributed by atoms with E-state index >= 15 is 0 Å². The molecule has 154 valence electrons. The van der Waals surface area contributed by atoms with Gasteiger partial charge in [0, 0.05) is 0 Å². The molecule has 30 heavy (non-hydrogen) atoms. The van der Waals surface area contributed by atoms with E-state index in [-0.39, 0.29) is 12.3 Å². The average Bonchev–Trinajstić information content (AvgIpc) is 2.79. The summed E-state index contributed by atoms with van der Waals surface area (Å²) in [5.41, 5.74) is 5.31. The molecule has 0 aliphatic rings. The lowest BCUT2D eigenvalue weighted by atomic mass is 10.1. The highest BCUT2D eigenvalue weighted by atomic mass is 16.5. The molecule has 0 saturated carbocycles. The number of benzene rings is 3. The highest BCUT2D eigenvalue weighted by Crippen LogP contribution is 2.27. The topological polar surface area (TPSA) is 69.2 Å². The van der Waals surface area contributed by atoms with Crippen molar-refractivity contribution in [1.29, 1.82) is 0 Å². The van der Waals surface area contributed by atoms with Crippen LogP contribution in [0.3, 0.4) is 0 Å². The molecular weight excluding hydrogens is 380 g/mol. The van der Waals surface area contributed by atoms with E-state index in [1.54, 1.807) is 32.6 Å². The van der Waals surface area contributed by atoms with Crippen LogP contribution >= 0.6 is 0 Å². The van der Waals surface area contributed by atoms with Crippen molar-refractivity contribution in [1.82, 2.24) is 5.43 Å². The number of rotatable bonds is 9. The van der Waals surface area contributed by atoms with Crippen molar-refractivity contribution in [3.05, 3.63) is 89.5 Å². The van der Waals surface area contributed by atoms with E-state index in [2.05, 4.69) is 10.5 Å². The molecule has 0 heterocycles. The molecule has 0 atom stereocenters. The van der Waals surface area contributed by atoms with Crippen molar-refractivity contribution in [3.8, 4) is 17.2 Å². The van der Waals surface area contributed by atoms with Gasteiger partial charge in [0.15, 0.2) is 11.5 Å². The van der Waals surface area contributed by atoms with Crippen molar-refractivity contribution in [3.63, 3.8) is 0 Å². The summed E-state index contributed by atoms with van der Waals surface area (Å²) in [7, 11) is 3.13. The van der Waals surface area contributed by atoms with Crippen molar-refractivity contribution < 1.29 is 19.0 Å². The van der Waals surface area contributed by atoms with Crippen molar-refractivity contribution in [2.45, 2.75) is 13.0 Å². The van der Waals surface area contributed by atoms with Crippen molar-refractivity contribution >= 4 is 12.1 Å². The quantitative estimate of drug-likeness (QED) is 0.433. The molecule has 3 rings (SSSR count). The van der Waals surface area contributed by atoms with Gasteiger partial charge in [0.05, 0.1) is 26.9 Å². The molecule has 0 unspecified atom stereocenters. The molecule has 6 heteroatoms. The van der Waals surface area contributed by atoms with Crippen LogP contribution in [0.25, 0.3) is 0 Å². The average molecular weight is 404 g/mol. The summed E-state index contributed by atoms with van der Waals surface area (Å²) in [5.74, 6) is 1.76.